The van der Waals surface area contributed by atoms with E-state index in [0.717, 1.165) is 12.4 Å². The maximum absolute atomic E-state index is 8.92. The third-order valence-electron chi connectivity index (χ3n) is 2.91. The monoisotopic (exact) mass is 243 g/mol. The van der Waals surface area contributed by atoms with Gasteiger partial charge < -0.3 is 10.0 Å². The highest BCUT2D eigenvalue weighted by Crippen LogP contribution is 2.14. The molecule has 0 amide bonds. The third kappa shape index (κ3) is 2.84. The second-order valence-electron chi connectivity index (χ2n) is 4.31. The third-order valence-corrected chi connectivity index (χ3v) is 2.91. The van der Waals surface area contributed by atoms with Crippen LogP contribution in [-0.4, -0.2) is 22.1 Å². The van der Waals surface area contributed by atoms with Gasteiger partial charge >= 0.3 is 0 Å². The predicted octanol–water partition coefficient (Wildman–Crippen LogP) is 1.91. The summed E-state index contributed by atoms with van der Waals surface area (Å²) in [7, 11) is 1.98. The molecule has 94 valence electrons. The molecule has 0 fully saturated rings. The molecule has 1 aromatic carbocycles. The lowest BCUT2D eigenvalue weighted by atomic mass is 10.1. The quantitative estimate of drug-likeness (QED) is 0.891. The van der Waals surface area contributed by atoms with Crippen molar-refractivity contribution >= 4 is 5.82 Å². The minimum Gasteiger partial charge on any atom is -0.390 e. The first-order valence-corrected chi connectivity index (χ1v) is 5.88. The van der Waals surface area contributed by atoms with Crippen LogP contribution in [0.2, 0.25) is 0 Å². The van der Waals surface area contributed by atoms with Crippen molar-refractivity contribution in [1.29, 1.82) is 0 Å². The number of aryl methyl sites for hydroxylation is 1. The van der Waals surface area contributed by atoms with Crippen molar-refractivity contribution in [2.24, 2.45) is 0 Å². The minimum absolute atomic E-state index is 0.0746. The van der Waals surface area contributed by atoms with Crippen LogP contribution in [0.3, 0.4) is 0 Å². The number of aliphatic hydroxyl groups excluding tert-OH is 1. The van der Waals surface area contributed by atoms with E-state index in [1.165, 1.54) is 11.1 Å². The first-order valence-electron chi connectivity index (χ1n) is 5.88. The van der Waals surface area contributed by atoms with Gasteiger partial charge in [-0.15, -0.1) is 0 Å². The molecule has 18 heavy (non-hydrogen) atoms. The number of hydrogen-bond acceptors (Lipinski definition) is 4. The standard InChI is InChI=1S/C14H17N3O/c1-11-5-3-4-6-12(11)9-17(2)14-8-15-13(10-18)7-16-14/h3-8,18H,9-10H2,1-2H3. The van der Waals surface area contributed by atoms with E-state index < -0.39 is 0 Å². The van der Waals surface area contributed by atoms with Crippen LogP contribution in [0.1, 0.15) is 16.8 Å². The summed E-state index contributed by atoms with van der Waals surface area (Å²) >= 11 is 0. The van der Waals surface area contributed by atoms with E-state index in [1.807, 2.05) is 24.1 Å². The van der Waals surface area contributed by atoms with Crippen molar-refractivity contribution in [1.82, 2.24) is 9.97 Å². The molecule has 0 unspecified atom stereocenters. The molecule has 0 radical (unpaired) electrons. The number of hydrogen-bond donors (Lipinski definition) is 1. The highest BCUT2D eigenvalue weighted by molar-refractivity contribution is 5.37. The number of benzene rings is 1. The van der Waals surface area contributed by atoms with Crippen LogP contribution >= 0.6 is 0 Å². The van der Waals surface area contributed by atoms with Crippen LogP contribution in [0.15, 0.2) is 36.7 Å². The van der Waals surface area contributed by atoms with E-state index in [0.29, 0.717) is 5.69 Å². The largest absolute Gasteiger partial charge is 0.390 e. The highest BCUT2D eigenvalue weighted by atomic mass is 16.3. The molecule has 1 heterocycles. The smallest absolute Gasteiger partial charge is 0.147 e. The van der Waals surface area contributed by atoms with Crippen molar-refractivity contribution in [3.63, 3.8) is 0 Å². The maximum atomic E-state index is 8.92. The van der Waals surface area contributed by atoms with Gasteiger partial charge in [0.05, 0.1) is 24.7 Å². The molecule has 4 heteroatoms. The average molecular weight is 243 g/mol. The summed E-state index contributed by atoms with van der Waals surface area (Å²) < 4.78 is 0. The fraction of sp³-hybridized carbons (Fsp3) is 0.286. The number of anilines is 1. The molecule has 0 aliphatic heterocycles. The minimum atomic E-state index is -0.0746. The van der Waals surface area contributed by atoms with E-state index in [2.05, 4.69) is 29.0 Å². The first-order chi connectivity index (χ1) is 8.70. The van der Waals surface area contributed by atoms with Crippen molar-refractivity contribution in [3.05, 3.63) is 53.5 Å². The molecule has 0 saturated carbocycles. The van der Waals surface area contributed by atoms with E-state index in [-0.39, 0.29) is 6.61 Å². The lowest BCUT2D eigenvalue weighted by molar-refractivity contribution is 0.276. The maximum Gasteiger partial charge on any atom is 0.147 e. The van der Waals surface area contributed by atoms with Gasteiger partial charge in [0.25, 0.3) is 0 Å². The topological polar surface area (TPSA) is 49.2 Å². The van der Waals surface area contributed by atoms with Gasteiger partial charge in [0.15, 0.2) is 0 Å². The predicted molar refractivity (Wildman–Crippen MR) is 71.2 cm³/mol. The van der Waals surface area contributed by atoms with Crippen LogP contribution in [0, 0.1) is 6.92 Å². The molecule has 0 aliphatic rings. The molecule has 0 aliphatic carbocycles. The van der Waals surface area contributed by atoms with Crippen LogP contribution < -0.4 is 4.90 Å². The van der Waals surface area contributed by atoms with Crippen LogP contribution in [-0.2, 0) is 13.2 Å². The van der Waals surface area contributed by atoms with Gasteiger partial charge in [-0.3, -0.25) is 4.98 Å². The zero-order chi connectivity index (χ0) is 13.0. The number of aliphatic hydroxyl groups is 1. The second-order valence-corrected chi connectivity index (χ2v) is 4.31. The Hall–Kier alpha value is -1.94. The fourth-order valence-corrected chi connectivity index (χ4v) is 1.75. The number of rotatable bonds is 4. The molecule has 0 atom stereocenters. The molecule has 1 N–H and O–H groups in total. The Bertz CT molecular complexity index is 511. The number of aromatic nitrogens is 2. The van der Waals surface area contributed by atoms with Gasteiger partial charge in [0.2, 0.25) is 0 Å². The molecule has 2 rings (SSSR count). The summed E-state index contributed by atoms with van der Waals surface area (Å²) in [6, 6.07) is 8.29. The molecular formula is C14H17N3O. The van der Waals surface area contributed by atoms with Gasteiger partial charge in [-0.1, -0.05) is 24.3 Å². The first kappa shape index (κ1) is 12.5. The van der Waals surface area contributed by atoms with Crippen molar-refractivity contribution in [2.75, 3.05) is 11.9 Å². The van der Waals surface area contributed by atoms with Gasteiger partial charge in [-0.2, -0.15) is 0 Å². The average Bonchev–Trinajstić information content (AvgIpc) is 2.41. The zero-order valence-electron chi connectivity index (χ0n) is 10.7. The van der Waals surface area contributed by atoms with Gasteiger partial charge in [0, 0.05) is 13.6 Å². The van der Waals surface area contributed by atoms with Crippen LogP contribution in [0.5, 0.6) is 0 Å². The summed E-state index contributed by atoms with van der Waals surface area (Å²) in [5.41, 5.74) is 3.13. The molecule has 4 nitrogen and oxygen atoms in total. The molecule has 0 saturated heterocycles. The summed E-state index contributed by atoms with van der Waals surface area (Å²) in [5, 5.41) is 8.92. The second kappa shape index (κ2) is 5.60. The Morgan fingerprint density at radius 2 is 1.94 bits per heavy atom. The Morgan fingerprint density at radius 1 is 1.17 bits per heavy atom. The van der Waals surface area contributed by atoms with E-state index in [1.54, 1.807) is 12.4 Å². The highest BCUT2D eigenvalue weighted by Gasteiger charge is 2.05. The lowest BCUT2D eigenvalue weighted by Gasteiger charge is -2.19. The molecule has 0 spiro atoms. The Kier molecular flexibility index (Phi) is 3.89. The van der Waals surface area contributed by atoms with Gasteiger partial charge in [-0.25, -0.2) is 4.98 Å². The van der Waals surface area contributed by atoms with Gasteiger partial charge in [-0.05, 0) is 18.1 Å². The van der Waals surface area contributed by atoms with E-state index in [9.17, 15) is 0 Å². The Balaban J connectivity index is 2.11. The molecular weight excluding hydrogens is 226 g/mol. The summed E-state index contributed by atoms with van der Waals surface area (Å²) in [6.45, 7) is 2.82. The van der Waals surface area contributed by atoms with Crippen LogP contribution in [0.25, 0.3) is 0 Å². The van der Waals surface area contributed by atoms with Crippen LogP contribution in [0.4, 0.5) is 5.82 Å². The Morgan fingerprint density at radius 3 is 2.56 bits per heavy atom. The Labute approximate surface area is 107 Å². The summed E-state index contributed by atoms with van der Waals surface area (Å²) in [5.74, 6) is 0.801. The molecule has 1 aromatic heterocycles. The zero-order valence-corrected chi connectivity index (χ0v) is 10.7. The van der Waals surface area contributed by atoms with E-state index >= 15 is 0 Å². The summed E-state index contributed by atoms with van der Waals surface area (Å²) in [6.07, 6.45) is 3.29. The summed E-state index contributed by atoms with van der Waals surface area (Å²) in [4.78, 5) is 10.4. The SMILES string of the molecule is Cc1ccccc1CN(C)c1cnc(CO)cn1. The fourth-order valence-electron chi connectivity index (χ4n) is 1.75. The van der Waals surface area contributed by atoms with E-state index in [4.69, 9.17) is 5.11 Å². The van der Waals surface area contributed by atoms with Crippen molar-refractivity contribution in [3.8, 4) is 0 Å². The normalized spacial score (nSPS) is 10.4. The van der Waals surface area contributed by atoms with Crippen molar-refractivity contribution < 1.29 is 5.11 Å². The lowest BCUT2D eigenvalue weighted by Crippen LogP contribution is -2.18. The molecule has 0 bridgehead atoms. The van der Waals surface area contributed by atoms with Gasteiger partial charge in [0.1, 0.15) is 5.82 Å². The number of nitrogens with zero attached hydrogens (tertiary/aromatic N) is 3. The molecule has 2 aromatic rings. The van der Waals surface area contributed by atoms with Crippen molar-refractivity contribution in [2.45, 2.75) is 20.1 Å².